The van der Waals surface area contributed by atoms with E-state index in [0.717, 1.165) is 38.2 Å². The summed E-state index contributed by atoms with van der Waals surface area (Å²) in [5.41, 5.74) is 7.65. The molecule has 0 radical (unpaired) electrons. The highest BCUT2D eigenvalue weighted by molar-refractivity contribution is 5.49. The third-order valence-corrected chi connectivity index (χ3v) is 4.80. The van der Waals surface area contributed by atoms with Gasteiger partial charge in [-0.1, -0.05) is 0 Å². The summed E-state index contributed by atoms with van der Waals surface area (Å²) in [6.07, 6.45) is 5.11. The molecule has 1 fully saturated rings. The maximum atomic E-state index is 8.93. The predicted molar refractivity (Wildman–Crippen MR) is 98.9 cm³/mol. The Bertz CT molecular complexity index is 736. The van der Waals surface area contributed by atoms with Gasteiger partial charge in [0.1, 0.15) is 11.6 Å². The zero-order chi connectivity index (χ0) is 17.6. The molecular weight excluding hydrogens is 312 g/mol. The van der Waals surface area contributed by atoms with E-state index in [0.29, 0.717) is 24.0 Å². The lowest BCUT2D eigenvalue weighted by atomic mass is 10.1. The summed E-state index contributed by atoms with van der Waals surface area (Å²) in [4.78, 5) is 13.3. The first-order chi connectivity index (χ1) is 12.2. The van der Waals surface area contributed by atoms with Gasteiger partial charge in [-0.15, -0.1) is 0 Å². The first-order valence-electron chi connectivity index (χ1n) is 8.68. The lowest BCUT2D eigenvalue weighted by Gasteiger charge is -2.27. The molecule has 1 aliphatic rings. The van der Waals surface area contributed by atoms with Gasteiger partial charge in [-0.3, -0.25) is 4.90 Å². The smallest absolute Gasteiger partial charge is 0.144 e. The van der Waals surface area contributed by atoms with E-state index in [2.05, 4.69) is 32.9 Å². The first kappa shape index (κ1) is 17.2. The van der Waals surface area contributed by atoms with Crippen molar-refractivity contribution in [2.24, 2.45) is 0 Å². The minimum Gasteiger partial charge on any atom is -0.384 e. The van der Waals surface area contributed by atoms with Gasteiger partial charge in [0.2, 0.25) is 0 Å². The Kier molecular flexibility index (Phi) is 5.46. The number of nitrogens with zero attached hydrogens (tertiary/aromatic N) is 5. The van der Waals surface area contributed by atoms with Gasteiger partial charge in [-0.2, -0.15) is 5.26 Å². The topological polar surface area (TPSA) is 82.1 Å². The third kappa shape index (κ3) is 4.46. The molecule has 2 heterocycles. The lowest BCUT2D eigenvalue weighted by Crippen LogP contribution is -2.33. The molecule has 1 aromatic heterocycles. The van der Waals surface area contributed by atoms with Gasteiger partial charge < -0.3 is 10.6 Å². The average molecular weight is 336 g/mol. The predicted octanol–water partition coefficient (Wildman–Crippen LogP) is 2.42. The highest BCUT2D eigenvalue weighted by Gasteiger charge is 2.21. The molecule has 6 nitrogen and oxygen atoms in total. The van der Waals surface area contributed by atoms with Gasteiger partial charge in [0.05, 0.1) is 18.2 Å². The Morgan fingerprint density at radius 2 is 2.04 bits per heavy atom. The van der Waals surface area contributed by atoms with E-state index in [9.17, 15) is 0 Å². The summed E-state index contributed by atoms with van der Waals surface area (Å²) < 4.78 is 0. The Hall–Kier alpha value is -2.65. The molecule has 1 saturated heterocycles. The molecule has 2 N–H and O–H groups in total. The number of nitrogens with two attached hydrogens (primary N) is 1. The van der Waals surface area contributed by atoms with Crippen LogP contribution in [0.2, 0.25) is 0 Å². The fraction of sp³-hybridized carbons (Fsp3) is 0.421. The van der Waals surface area contributed by atoms with Crippen molar-refractivity contribution in [3.63, 3.8) is 0 Å². The van der Waals surface area contributed by atoms with Crippen LogP contribution in [0, 0.1) is 11.3 Å². The SMILES string of the molecule is CN(Cc1nccc(N)n1)[C@H]1CCCN(c2ccc(C#N)cc2)CC1. The number of rotatable bonds is 4. The van der Waals surface area contributed by atoms with Crippen LogP contribution in [-0.2, 0) is 6.54 Å². The van der Waals surface area contributed by atoms with E-state index in [1.54, 1.807) is 12.3 Å². The van der Waals surface area contributed by atoms with Crippen LogP contribution in [0.1, 0.15) is 30.7 Å². The number of benzene rings is 1. The fourth-order valence-electron chi connectivity index (χ4n) is 3.37. The second kappa shape index (κ2) is 7.95. The standard InChI is InChI=1S/C19H24N6/c1-24(14-19-22-10-8-18(21)23-19)16-3-2-11-25(12-9-16)17-6-4-15(13-20)5-7-17/h4-8,10,16H,2-3,9,11-12,14H2,1H3,(H2,21,22,23)/t16-/m0/s1. The highest BCUT2D eigenvalue weighted by atomic mass is 15.2. The minimum atomic E-state index is 0.508. The summed E-state index contributed by atoms with van der Waals surface area (Å²) in [6, 6.07) is 12.3. The van der Waals surface area contributed by atoms with Crippen LogP contribution in [0.25, 0.3) is 0 Å². The van der Waals surface area contributed by atoms with Crippen molar-refractivity contribution in [2.45, 2.75) is 31.8 Å². The van der Waals surface area contributed by atoms with E-state index in [1.807, 2.05) is 24.3 Å². The summed E-state index contributed by atoms with van der Waals surface area (Å²) >= 11 is 0. The van der Waals surface area contributed by atoms with Crippen molar-refractivity contribution in [3.05, 3.63) is 47.9 Å². The third-order valence-electron chi connectivity index (χ3n) is 4.80. The summed E-state index contributed by atoms with van der Waals surface area (Å²) in [5, 5.41) is 8.93. The second-order valence-electron chi connectivity index (χ2n) is 6.54. The van der Waals surface area contributed by atoms with Crippen LogP contribution in [-0.4, -0.2) is 41.0 Å². The molecule has 1 atom stereocenters. The van der Waals surface area contributed by atoms with E-state index >= 15 is 0 Å². The quantitative estimate of drug-likeness (QED) is 0.923. The second-order valence-corrected chi connectivity index (χ2v) is 6.54. The molecule has 1 aliphatic heterocycles. The van der Waals surface area contributed by atoms with Gasteiger partial charge >= 0.3 is 0 Å². The molecule has 130 valence electrons. The zero-order valence-corrected chi connectivity index (χ0v) is 14.6. The van der Waals surface area contributed by atoms with Crippen molar-refractivity contribution >= 4 is 11.5 Å². The molecule has 6 heteroatoms. The Morgan fingerprint density at radius 3 is 2.76 bits per heavy atom. The Balaban J connectivity index is 1.59. The van der Waals surface area contributed by atoms with Crippen LogP contribution in [0.4, 0.5) is 11.5 Å². The number of aromatic nitrogens is 2. The Labute approximate surface area is 148 Å². The molecule has 1 aromatic carbocycles. The molecular formula is C19H24N6. The van der Waals surface area contributed by atoms with E-state index in [1.165, 1.54) is 5.69 Å². The monoisotopic (exact) mass is 336 g/mol. The number of anilines is 2. The molecule has 0 bridgehead atoms. The van der Waals surface area contributed by atoms with E-state index in [4.69, 9.17) is 11.0 Å². The van der Waals surface area contributed by atoms with Gasteiger partial charge in [0.15, 0.2) is 0 Å². The Morgan fingerprint density at radius 1 is 1.24 bits per heavy atom. The van der Waals surface area contributed by atoms with Gasteiger partial charge in [0, 0.05) is 31.0 Å². The van der Waals surface area contributed by atoms with Crippen LogP contribution in [0.5, 0.6) is 0 Å². The molecule has 3 rings (SSSR count). The fourth-order valence-corrected chi connectivity index (χ4v) is 3.37. The number of hydrogen-bond acceptors (Lipinski definition) is 6. The average Bonchev–Trinajstić information content (AvgIpc) is 2.88. The van der Waals surface area contributed by atoms with Gasteiger partial charge in [-0.05, 0) is 56.6 Å². The van der Waals surface area contributed by atoms with Crippen LogP contribution >= 0.6 is 0 Å². The van der Waals surface area contributed by atoms with Crippen molar-refractivity contribution in [2.75, 3.05) is 30.8 Å². The summed E-state index contributed by atoms with van der Waals surface area (Å²) in [5.74, 6) is 1.29. The molecule has 0 unspecified atom stereocenters. The summed E-state index contributed by atoms with van der Waals surface area (Å²) in [6.45, 7) is 2.77. The zero-order valence-electron chi connectivity index (χ0n) is 14.6. The molecule has 0 aliphatic carbocycles. The van der Waals surface area contributed by atoms with Crippen LogP contribution < -0.4 is 10.6 Å². The van der Waals surface area contributed by atoms with Crippen LogP contribution in [0.3, 0.4) is 0 Å². The van der Waals surface area contributed by atoms with Crippen molar-refractivity contribution < 1.29 is 0 Å². The number of nitrogen functional groups attached to an aromatic ring is 1. The molecule has 0 amide bonds. The van der Waals surface area contributed by atoms with E-state index in [-0.39, 0.29) is 0 Å². The maximum absolute atomic E-state index is 8.93. The van der Waals surface area contributed by atoms with Gasteiger partial charge in [-0.25, -0.2) is 9.97 Å². The van der Waals surface area contributed by atoms with Crippen molar-refractivity contribution in [1.82, 2.24) is 14.9 Å². The lowest BCUT2D eigenvalue weighted by molar-refractivity contribution is 0.212. The van der Waals surface area contributed by atoms with E-state index < -0.39 is 0 Å². The number of hydrogen-bond donors (Lipinski definition) is 1. The highest BCUT2D eigenvalue weighted by Crippen LogP contribution is 2.22. The minimum absolute atomic E-state index is 0.508. The van der Waals surface area contributed by atoms with Crippen molar-refractivity contribution in [1.29, 1.82) is 5.26 Å². The normalized spacial score (nSPS) is 18.0. The van der Waals surface area contributed by atoms with Crippen LogP contribution in [0.15, 0.2) is 36.5 Å². The first-order valence-corrected chi connectivity index (χ1v) is 8.68. The van der Waals surface area contributed by atoms with Crippen molar-refractivity contribution in [3.8, 4) is 6.07 Å². The number of nitriles is 1. The largest absolute Gasteiger partial charge is 0.384 e. The maximum Gasteiger partial charge on any atom is 0.144 e. The summed E-state index contributed by atoms with van der Waals surface area (Å²) in [7, 11) is 2.13. The molecule has 0 saturated carbocycles. The van der Waals surface area contributed by atoms with Gasteiger partial charge in [0.25, 0.3) is 0 Å². The molecule has 0 spiro atoms. The molecule has 25 heavy (non-hydrogen) atoms. The molecule has 2 aromatic rings.